The van der Waals surface area contributed by atoms with Crippen LogP contribution in [0.5, 0.6) is 11.5 Å². The van der Waals surface area contributed by atoms with Gasteiger partial charge in [0, 0.05) is 6.54 Å². The molecule has 1 aliphatic rings. The van der Waals surface area contributed by atoms with E-state index in [0.717, 1.165) is 0 Å². The van der Waals surface area contributed by atoms with Crippen LogP contribution in [0.25, 0.3) is 11.0 Å². The van der Waals surface area contributed by atoms with Gasteiger partial charge in [0.15, 0.2) is 11.5 Å². The minimum absolute atomic E-state index is 0.170. The van der Waals surface area contributed by atoms with Crippen LogP contribution in [0.4, 0.5) is 0 Å². The molecule has 16 heavy (non-hydrogen) atoms. The van der Waals surface area contributed by atoms with E-state index in [-0.39, 0.29) is 11.8 Å². The molecule has 0 amide bonds. The van der Waals surface area contributed by atoms with Crippen molar-refractivity contribution in [3.8, 4) is 11.5 Å². The predicted molar refractivity (Wildman–Crippen MR) is 57.9 cm³/mol. The Morgan fingerprint density at radius 3 is 3.12 bits per heavy atom. The number of aromatic nitrogens is 2. The van der Waals surface area contributed by atoms with Crippen LogP contribution in [0.15, 0.2) is 16.9 Å². The lowest BCUT2D eigenvalue weighted by atomic mass is 10.2. The first kappa shape index (κ1) is 9.29. The Bertz CT molecular complexity index is 586. The van der Waals surface area contributed by atoms with Crippen molar-refractivity contribution >= 4 is 11.0 Å². The van der Waals surface area contributed by atoms with Crippen LogP contribution in [-0.4, -0.2) is 29.2 Å². The van der Waals surface area contributed by atoms with Crippen molar-refractivity contribution in [2.24, 2.45) is 5.73 Å². The number of nitrogens with two attached hydrogens (primary N) is 1. The highest BCUT2D eigenvalue weighted by Gasteiger charge is 2.22. The maximum atomic E-state index is 11.2. The van der Waals surface area contributed by atoms with Crippen molar-refractivity contribution in [3.63, 3.8) is 0 Å². The number of benzene rings is 1. The van der Waals surface area contributed by atoms with Gasteiger partial charge in [-0.2, -0.15) is 0 Å². The summed E-state index contributed by atoms with van der Waals surface area (Å²) in [5.41, 5.74) is 6.59. The third-order valence-electron chi connectivity index (χ3n) is 2.58. The quantitative estimate of drug-likeness (QED) is 0.629. The van der Waals surface area contributed by atoms with E-state index in [4.69, 9.17) is 15.2 Å². The van der Waals surface area contributed by atoms with E-state index >= 15 is 0 Å². The molecule has 6 nitrogen and oxygen atoms in total. The minimum atomic E-state index is -0.262. The summed E-state index contributed by atoms with van der Waals surface area (Å²) >= 11 is 0. The lowest BCUT2D eigenvalue weighted by Crippen LogP contribution is -2.35. The molecule has 84 valence electrons. The molecule has 1 aromatic carbocycles. The summed E-state index contributed by atoms with van der Waals surface area (Å²) in [6.45, 7) is 0.814. The second kappa shape index (κ2) is 3.28. The maximum Gasteiger partial charge on any atom is 0.323 e. The van der Waals surface area contributed by atoms with Crippen LogP contribution in [0, 0.1) is 0 Å². The van der Waals surface area contributed by atoms with E-state index < -0.39 is 0 Å². The summed E-state index contributed by atoms with van der Waals surface area (Å²) < 4.78 is 11.2. The lowest BCUT2D eigenvalue weighted by molar-refractivity contribution is 0.0987. The molecule has 0 aliphatic carbocycles. The van der Waals surface area contributed by atoms with Crippen molar-refractivity contribution in [2.45, 2.75) is 6.10 Å². The molecule has 0 saturated carbocycles. The number of imidazole rings is 1. The molecule has 0 spiro atoms. The molecule has 2 heterocycles. The van der Waals surface area contributed by atoms with E-state index in [1.54, 1.807) is 12.1 Å². The maximum absolute atomic E-state index is 11.2. The Balaban J connectivity index is 2.20. The summed E-state index contributed by atoms with van der Waals surface area (Å²) in [7, 11) is 0. The average Bonchev–Trinajstić information content (AvgIpc) is 2.69. The zero-order valence-corrected chi connectivity index (χ0v) is 8.45. The van der Waals surface area contributed by atoms with Gasteiger partial charge in [-0.15, -0.1) is 0 Å². The number of ether oxygens (including phenoxy) is 2. The van der Waals surface area contributed by atoms with Gasteiger partial charge in [0.2, 0.25) is 0 Å². The van der Waals surface area contributed by atoms with Gasteiger partial charge in [0.25, 0.3) is 0 Å². The summed E-state index contributed by atoms with van der Waals surface area (Å²) in [6, 6.07) is 3.55. The van der Waals surface area contributed by atoms with Crippen molar-refractivity contribution in [1.29, 1.82) is 0 Å². The fraction of sp³-hybridized carbons (Fsp3) is 0.300. The molecule has 4 N–H and O–H groups in total. The average molecular weight is 221 g/mol. The summed E-state index contributed by atoms with van der Waals surface area (Å²) in [5, 5.41) is 0. The van der Waals surface area contributed by atoms with E-state index in [0.29, 0.717) is 35.7 Å². The molecule has 2 aromatic rings. The first-order valence-corrected chi connectivity index (χ1v) is 5.02. The molecule has 1 aliphatic heterocycles. The van der Waals surface area contributed by atoms with Crippen LogP contribution in [0.3, 0.4) is 0 Å². The number of H-pyrrole nitrogens is 2. The van der Waals surface area contributed by atoms with Gasteiger partial charge >= 0.3 is 5.69 Å². The van der Waals surface area contributed by atoms with E-state index in [1.807, 2.05) is 0 Å². The van der Waals surface area contributed by atoms with Gasteiger partial charge in [-0.3, -0.25) is 0 Å². The lowest BCUT2D eigenvalue weighted by Gasteiger charge is -2.25. The molecule has 0 saturated heterocycles. The molecule has 0 radical (unpaired) electrons. The van der Waals surface area contributed by atoms with Crippen LogP contribution in [-0.2, 0) is 0 Å². The Kier molecular flexibility index (Phi) is 1.90. The predicted octanol–water partition coefficient (Wildman–Crippen LogP) is -0.0453. The standard InChI is InChI=1S/C10H11N3O3/c11-3-5-4-15-7-2-1-6-8(9(7)16-5)13-10(14)12-6/h1-2,5H,3-4,11H2,(H2,12,13,14). The highest BCUT2D eigenvalue weighted by molar-refractivity contribution is 5.84. The second-order valence-electron chi connectivity index (χ2n) is 3.68. The fourth-order valence-corrected chi connectivity index (χ4v) is 1.79. The van der Waals surface area contributed by atoms with Gasteiger partial charge in [-0.1, -0.05) is 0 Å². The molecule has 0 bridgehead atoms. The summed E-state index contributed by atoms with van der Waals surface area (Å²) in [5.74, 6) is 1.19. The Morgan fingerprint density at radius 1 is 1.44 bits per heavy atom. The summed E-state index contributed by atoms with van der Waals surface area (Å²) in [4.78, 5) is 16.5. The van der Waals surface area contributed by atoms with Gasteiger partial charge in [0.1, 0.15) is 18.2 Å². The largest absolute Gasteiger partial charge is 0.486 e. The zero-order chi connectivity index (χ0) is 11.1. The van der Waals surface area contributed by atoms with Crippen molar-refractivity contribution in [1.82, 2.24) is 9.97 Å². The van der Waals surface area contributed by atoms with Gasteiger partial charge in [-0.25, -0.2) is 4.79 Å². The fourth-order valence-electron chi connectivity index (χ4n) is 1.79. The molecule has 1 atom stereocenters. The van der Waals surface area contributed by atoms with Crippen molar-refractivity contribution in [2.75, 3.05) is 13.2 Å². The third-order valence-corrected chi connectivity index (χ3v) is 2.58. The smallest absolute Gasteiger partial charge is 0.323 e. The molecule has 1 aromatic heterocycles. The minimum Gasteiger partial charge on any atom is -0.486 e. The number of rotatable bonds is 1. The first-order valence-electron chi connectivity index (χ1n) is 5.02. The van der Waals surface area contributed by atoms with Crippen LogP contribution in [0.1, 0.15) is 0 Å². The van der Waals surface area contributed by atoms with Gasteiger partial charge in [-0.05, 0) is 12.1 Å². The first-order chi connectivity index (χ1) is 7.78. The Morgan fingerprint density at radius 2 is 2.31 bits per heavy atom. The topological polar surface area (TPSA) is 93.1 Å². The monoisotopic (exact) mass is 221 g/mol. The number of hydrogen-bond donors (Lipinski definition) is 3. The highest BCUT2D eigenvalue weighted by atomic mass is 16.6. The third kappa shape index (κ3) is 1.27. The van der Waals surface area contributed by atoms with E-state index in [1.165, 1.54) is 0 Å². The molecule has 3 rings (SSSR count). The molecule has 0 fully saturated rings. The second-order valence-corrected chi connectivity index (χ2v) is 3.68. The SMILES string of the molecule is NCC1COc2ccc3[nH]c(=O)[nH]c3c2O1. The number of fused-ring (bicyclic) bond motifs is 3. The Hall–Kier alpha value is -1.95. The molecular formula is C10H11N3O3. The van der Waals surface area contributed by atoms with Crippen molar-refractivity contribution < 1.29 is 9.47 Å². The van der Waals surface area contributed by atoms with Gasteiger partial charge in [0.05, 0.1) is 5.52 Å². The zero-order valence-electron chi connectivity index (χ0n) is 8.45. The van der Waals surface area contributed by atoms with Crippen molar-refractivity contribution in [3.05, 3.63) is 22.6 Å². The molecular weight excluding hydrogens is 210 g/mol. The Labute approximate surface area is 90.4 Å². The van der Waals surface area contributed by atoms with E-state index in [9.17, 15) is 4.79 Å². The molecule has 1 unspecified atom stereocenters. The number of nitrogens with one attached hydrogen (secondary N) is 2. The van der Waals surface area contributed by atoms with E-state index in [2.05, 4.69) is 9.97 Å². The van der Waals surface area contributed by atoms with Crippen LogP contribution < -0.4 is 20.9 Å². The molecule has 6 heteroatoms. The van der Waals surface area contributed by atoms with Crippen LogP contribution >= 0.6 is 0 Å². The summed E-state index contributed by atoms with van der Waals surface area (Å²) in [6.07, 6.45) is -0.170. The highest BCUT2D eigenvalue weighted by Crippen LogP contribution is 2.36. The van der Waals surface area contributed by atoms with Crippen LogP contribution in [0.2, 0.25) is 0 Å². The van der Waals surface area contributed by atoms with Gasteiger partial charge < -0.3 is 25.2 Å². The number of aromatic amines is 2. The normalized spacial score (nSPS) is 18.9. The number of hydrogen-bond acceptors (Lipinski definition) is 4.